The Hall–Kier alpha value is -1.16. The topological polar surface area (TPSA) is 43.1 Å². The summed E-state index contributed by atoms with van der Waals surface area (Å²) < 4.78 is 1.75. The highest BCUT2D eigenvalue weighted by atomic mass is 35.5. The highest BCUT2D eigenvalue weighted by Gasteiger charge is 2.38. The molecule has 0 radical (unpaired) electrons. The summed E-state index contributed by atoms with van der Waals surface area (Å²) in [6.45, 7) is 2.20. The van der Waals surface area contributed by atoms with Crippen LogP contribution in [0, 0.1) is 5.92 Å². The van der Waals surface area contributed by atoms with Crippen LogP contribution >= 0.6 is 11.6 Å². The highest BCUT2D eigenvalue weighted by molar-refractivity contribution is 6.29. The summed E-state index contributed by atoms with van der Waals surface area (Å²) >= 11 is 5.82. The molecule has 4 nitrogen and oxygen atoms in total. The monoisotopic (exact) mass is 208 g/mol. The molecule has 14 heavy (non-hydrogen) atoms. The van der Waals surface area contributed by atoms with Gasteiger partial charge in [-0.25, -0.2) is 0 Å². The molecule has 0 N–H and O–H groups in total. The van der Waals surface area contributed by atoms with Gasteiger partial charge in [0.1, 0.15) is 5.15 Å². The second kappa shape index (κ2) is 2.67. The summed E-state index contributed by atoms with van der Waals surface area (Å²) in [4.78, 5) is 0. The fourth-order valence-corrected chi connectivity index (χ4v) is 1.83. The number of aromatic nitrogens is 4. The van der Waals surface area contributed by atoms with Crippen LogP contribution in [0.1, 0.15) is 25.1 Å². The van der Waals surface area contributed by atoms with Crippen LogP contribution in [0.2, 0.25) is 5.15 Å². The van der Waals surface area contributed by atoms with Crippen molar-refractivity contribution in [2.45, 2.75) is 19.3 Å². The predicted octanol–water partition coefficient (Wildman–Crippen LogP) is 1.90. The quantitative estimate of drug-likeness (QED) is 0.719. The van der Waals surface area contributed by atoms with Crippen molar-refractivity contribution in [2.75, 3.05) is 0 Å². The van der Waals surface area contributed by atoms with E-state index in [-0.39, 0.29) is 0 Å². The van der Waals surface area contributed by atoms with Gasteiger partial charge < -0.3 is 0 Å². The molecule has 72 valence electrons. The van der Waals surface area contributed by atoms with E-state index in [1.54, 1.807) is 10.6 Å². The molecule has 3 rings (SSSR count). The summed E-state index contributed by atoms with van der Waals surface area (Å²) in [5.74, 6) is 2.15. The van der Waals surface area contributed by atoms with Crippen molar-refractivity contribution in [1.82, 2.24) is 19.8 Å². The Morgan fingerprint density at radius 1 is 1.43 bits per heavy atom. The molecule has 0 aromatic carbocycles. The molecule has 1 saturated carbocycles. The van der Waals surface area contributed by atoms with Crippen LogP contribution < -0.4 is 0 Å². The van der Waals surface area contributed by atoms with E-state index in [1.807, 2.05) is 6.07 Å². The minimum absolute atomic E-state index is 0.479. The SMILES string of the molecule is C[C@H]1C[C@@H]1c1nnc2ccc(Cl)nn12. The van der Waals surface area contributed by atoms with Crippen molar-refractivity contribution in [3.63, 3.8) is 0 Å². The standard InChI is InChI=1S/C9H9ClN4/c1-5-4-6(5)9-12-11-8-3-2-7(10)13-14(8)9/h2-3,5-6H,4H2,1H3/t5-,6-/m0/s1. The number of nitrogens with zero attached hydrogens (tertiary/aromatic N) is 4. The lowest BCUT2D eigenvalue weighted by atomic mass is 10.3. The van der Waals surface area contributed by atoms with Gasteiger partial charge in [-0.15, -0.1) is 10.2 Å². The maximum atomic E-state index is 5.82. The summed E-state index contributed by atoms with van der Waals surface area (Å²) in [5, 5.41) is 12.9. The van der Waals surface area contributed by atoms with Gasteiger partial charge in [-0.2, -0.15) is 9.61 Å². The molecule has 0 saturated heterocycles. The second-order valence-corrected chi connectivity index (χ2v) is 4.19. The lowest BCUT2D eigenvalue weighted by molar-refractivity contribution is 0.776. The average molecular weight is 209 g/mol. The van der Waals surface area contributed by atoms with Crippen LogP contribution in [-0.2, 0) is 0 Å². The lowest BCUT2D eigenvalue weighted by Gasteiger charge is -1.96. The van der Waals surface area contributed by atoms with E-state index in [0.717, 1.165) is 11.5 Å². The average Bonchev–Trinajstić information content (AvgIpc) is 2.75. The van der Waals surface area contributed by atoms with Crippen molar-refractivity contribution in [1.29, 1.82) is 0 Å². The summed E-state index contributed by atoms with van der Waals surface area (Å²) in [7, 11) is 0. The highest BCUT2D eigenvalue weighted by Crippen LogP contribution is 2.45. The zero-order chi connectivity index (χ0) is 9.71. The molecule has 5 heteroatoms. The Morgan fingerprint density at radius 2 is 2.21 bits per heavy atom. The second-order valence-electron chi connectivity index (χ2n) is 3.80. The maximum absolute atomic E-state index is 5.82. The fraction of sp³-hybridized carbons (Fsp3) is 0.444. The van der Waals surface area contributed by atoms with Crippen LogP contribution in [-0.4, -0.2) is 19.8 Å². The van der Waals surface area contributed by atoms with E-state index < -0.39 is 0 Å². The Balaban J connectivity index is 2.19. The smallest absolute Gasteiger partial charge is 0.178 e. The van der Waals surface area contributed by atoms with Gasteiger partial charge in [-0.1, -0.05) is 18.5 Å². The molecule has 1 fully saturated rings. The number of fused-ring (bicyclic) bond motifs is 1. The van der Waals surface area contributed by atoms with Gasteiger partial charge in [0.2, 0.25) is 0 Å². The summed E-state index contributed by atoms with van der Waals surface area (Å²) in [5.41, 5.74) is 0.767. The van der Waals surface area contributed by atoms with Crippen LogP contribution in [0.5, 0.6) is 0 Å². The minimum atomic E-state index is 0.479. The molecule has 0 bridgehead atoms. The van der Waals surface area contributed by atoms with Crippen LogP contribution in [0.15, 0.2) is 12.1 Å². The first-order valence-corrected chi connectivity index (χ1v) is 5.01. The Labute approximate surface area is 85.9 Å². The van der Waals surface area contributed by atoms with E-state index >= 15 is 0 Å². The third-order valence-electron chi connectivity index (χ3n) is 2.70. The van der Waals surface area contributed by atoms with Crippen LogP contribution in [0.4, 0.5) is 0 Å². The molecule has 0 amide bonds. The first kappa shape index (κ1) is 8.17. The Morgan fingerprint density at radius 3 is 2.93 bits per heavy atom. The predicted molar refractivity (Wildman–Crippen MR) is 52.3 cm³/mol. The van der Waals surface area contributed by atoms with E-state index in [9.17, 15) is 0 Å². The molecule has 1 aliphatic carbocycles. The van der Waals surface area contributed by atoms with Crippen molar-refractivity contribution >= 4 is 17.2 Å². The number of hydrogen-bond acceptors (Lipinski definition) is 3. The fourth-order valence-electron chi connectivity index (χ4n) is 1.70. The van der Waals surface area contributed by atoms with E-state index in [2.05, 4.69) is 22.2 Å². The molecule has 2 heterocycles. The molecular weight excluding hydrogens is 200 g/mol. The molecular formula is C9H9ClN4. The van der Waals surface area contributed by atoms with Gasteiger partial charge in [0.05, 0.1) is 0 Å². The van der Waals surface area contributed by atoms with Gasteiger partial charge in [0.25, 0.3) is 0 Å². The molecule has 2 atom stereocenters. The van der Waals surface area contributed by atoms with E-state index in [0.29, 0.717) is 17.0 Å². The number of hydrogen-bond donors (Lipinski definition) is 0. The van der Waals surface area contributed by atoms with Gasteiger partial charge >= 0.3 is 0 Å². The number of halogens is 1. The van der Waals surface area contributed by atoms with Crippen molar-refractivity contribution in [3.8, 4) is 0 Å². The largest absolute Gasteiger partial charge is 0.196 e. The molecule has 2 aromatic heterocycles. The normalized spacial score (nSPS) is 25.6. The van der Waals surface area contributed by atoms with Gasteiger partial charge in [-0.3, -0.25) is 0 Å². The first-order chi connectivity index (χ1) is 6.75. The molecule has 2 aromatic rings. The summed E-state index contributed by atoms with van der Waals surface area (Å²) in [6.07, 6.45) is 1.18. The summed E-state index contributed by atoms with van der Waals surface area (Å²) in [6, 6.07) is 3.56. The van der Waals surface area contributed by atoms with Gasteiger partial charge in [0.15, 0.2) is 11.5 Å². The minimum Gasteiger partial charge on any atom is -0.196 e. The third kappa shape index (κ3) is 1.10. The molecule has 0 spiro atoms. The molecule has 0 unspecified atom stereocenters. The molecule has 1 aliphatic rings. The van der Waals surface area contributed by atoms with Gasteiger partial charge in [-0.05, 0) is 24.5 Å². The lowest BCUT2D eigenvalue weighted by Crippen LogP contribution is -1.97. The maximum Gasteiger partial charge on any atom is 0.178 e. The van der Waals surface area contributed by atoms with Crippen LogP contribution in [0.25, 0.3) is 5.65 Å². The Bertz CT molecular complexity index is 493. The molecule has 0 aliphatic heterocycles. The zero-order valence-electron chi connectivity index (χ0n) is 7.68. The van der Waals surface area contributed by atoms with E-state index in [1.165, 1.54) is 6.42 Å². The van der Waals surface area contributed by atoms with Crippen LogP contribution in [0.3, 0.4) is 0 Å². The van der Waals surface area contributed by atoms with Crippen molar-refractivity contribution < 1.29 is 0 Å². The third-order valence-corrected chi connectivity index (χ3v) is 2.90. The van der Waals surface area contributed by atoms with Crippen molar-refractivity contribution in [2.24, 2.45) is 5.92 Å². The first-order valence-electron chi connectivity index (χ1n) is 4.63. The number of rotatable bonds is 1. The van der Waals surface area contributed by atoms with Crippen molar-refractivity contribution in [3.05, 3.63) is 23.1 Å². The Kier molecular flexibility index (Phi) is 1.56. The van der Waals surface area contributed by atoms with Gasteiger partial charge in [0, 0.05) is 5.92 Å². The van der Waals surface area contributed by atoms with E-state index in [4.69, 9.17) is 11.6 Å². The zero-order valence-corrected chi connectivity index (χ0v) is 8.44.